The van der Waals surface area contributed by atoms with Gasteiger partial charge in [0.1, 0.15) is 11.6 Å². The number of anilines is 1. The molecule has 2 heterocycles. The van der Waals surface area contributed by atoms with E-state index in [1.54, 1.807) is 0 Å². The standard InChI is InChI=1S/C17H14N4O5S2/c1-2-13-19-20-16(28-13)18-12(22)8-21-14(23)11(27-17(21)26)7-9-3-5-10(6-4-9)15(24)25/h3-7H,2,8H2,1H3,(H,24,25)(H,18,20,22). The second-order valence-corrected chi connectivity index (χ2v) is 7.65. The molecule has 0 bridgehead atoms. The van der Waals surface area contributed by atoms with Gasteiger partial charge in [-0.1, -0.05) is 30.4 Å². The van der Waals surface area contributed by atoms with Gasteiger partial charge in [-0.25, -0.2) is 4.79 Å². The van der Waals surface area contributed by atoms with Crippen molar-refractivity contribution >= 4 is 57.3 Å². The fraction of sp³-hybridized carbons (Fsp3) is 0.176. The molecule has 144 valence electrons. The molecule has 1 aromatic heterocycles. The van der Waals surface area contributed by atoms with Crippen LogP contribution in [-0.4, -0.2) is 49.8 Å². The number of aryl methyl sites for hydroxylation is 1. The van der Waals surface area contributed by atoms with Crippen LogP contribution in [0.1, 0.15) is 27.9 Å². The van der Waals surface area contributed by atoms with Crippen molar-refractivity contribution in [2.24, 2.45) is 0 Å². The van der Waals surface area contributed by atoms with Crippen LogP contribution in [0.3, 0.4) is 0 Å². The number of hydrogen-bond acceptors (Lipinski definition) is 8. The van der Waals surface area contributed by atoms with Crippen molar-refractivity contribution in [3.05, 3.63) is 45.3 Å². The van der Waals surface area contributed by atoms with Gasteiger partial charge in [0.25, 0.3) is 11.1 Å². The number of hydrogen-bond donors (Lipinski definition) is 2. The van der Waals surface area contributed by atoms with Gasteiger partial charge in [-0.2, -0.15) is 0 Å². The number of benzene rings is 1. The third kappa shape index (κ3) is 4.43. The molecule has 9 nitrogen and oxygen atoms in total. The fourth-order valence-electron chi connectivity index (χ4n) is 2.26. The molecule has 1 aliphatic rings. The van der Waals surface area contributed by atoms with Crippen molar-refractivity contribution in [2.75, 3.05) is 11.9 Å². The SMILES string of the molecule is CCc1nnc(NC(=O)CN2C(=O)SC(=Cc3ccc(C(=O)O)cc3)C2=O)s1. The molecule has 3 rings (SSSR count). The van der Waals surface area contributed by atoms with E-state index in [-0.39, 0.29) is 10.5 Å². The molecule has 28 heavy (non-hydrogen) atoms. The maximum absolute atomic E-state index is 12.5. The molecule has 2 aromatic rings. The third-order valence-electron chi connectivity index (χ3n) is 3.65. The van der Waals surface area contributed by atoms with E-state index in [0.29, 0.717) is 17.1 Å². The summed E-state index contributed by atoms with van der Waals surface area (Å²) in [5, 5.41) is 19.6. The Morgan fingerprint density at radius 2 is 1.93 bits per heavy atom. The van der Waals surface area contributed by atoms with Gasteiger partial charge in [0.2, 0.25) is 11.0 Å². The van der Waals surface area contributed by atoms with Crippen LogP contribution in [0.5, 0.6) is 0 Å². The first-order valence-electron chi connectivity index (χ1n) is 8.08. The van der Waals surface area contributed by atoms with Crippen LogP contribution in [0.4, 0.5) is 9.93 Å². The second kappa shape index (κ2) is 8.31. The van der Waals surface area contributed by atoms with Crippen LogP contribution in [0, 0.1) is 0 Å². The molecule has 3 amide bonds. The molecular weight excluding hydrogens is 404 g/mol. The van der Waals surface area contributed by atoms with E-state index in [1.165, 1.54) is 41.7 Å². The zero-order chi connectivity index (χ0) is 20.3. The molecule has 1 aromatic carbocycles. The summed E-state index contributed by atoms with van der Waals surface area (Å²) in [5.41, 5.74) is 0.686. The Bertz CT molecular complexity index is 984. The predicted molar refractivity (Wildman–Crippen MR) is 104 cm³/mol. The molecule has 1 fully saturated rings. The van der Waals surface area contributed by atoms with E-state index in [4.69, 9.17) is 5.11 Å². The number of aromatic nitrogens is 2. The highest BCUT2D eigenvalue weighted by molar-refractivity contribution is 8.18. The summed E-state index contributed by atoms with van der Waals surface area (Å²) in [6, 6.07) is 5.87. The Labute approximate surface area is 167 Å². The molecule has 0 atom stereocenters. The smallest absolute Gasteiger partial charge is 0.335 e. The summed E-state index contributed by atoms with van der Waals surface area (Å²) in [7, 11) is 0. The summed E-state index contributed by atoms with van der Waals surface area (Å²) >= 11 is 1.95. The molecule has 0 saturated carbocycles. The van der Waals surface area contributed by atoms with Crippen LogP contribution in [0.25, 0.3) is 6.08 Å². The molecule has 1 aliphatic heterocycles. The van der Waals surface area contributed by atoms with Gasteiger partial charge in [0.15, 0.2) is 0 Å². The van der Waals surface area contributed by atoms with Crippen molar-refractivity contribution in [1.82, 2.24) is 15.1 Å². The Morgan fingerprint density at radius 1 is 1.21 bits per heavy atom. The number of nitrogens with one attached hydrogen (secondary N) is 1. The molecule has 0 radical (unpaired) electrons. The quantitative estimate of drug-likeness (QED) is 0.685. The molecule has 1 saturated heterocycles. The highest BCUT2D eigenvalue weighted by Gasteiger charge is 2.36. The first-order chi connectivity index (χ1) is 13.4. The molecule has 11 heteroatoms. The van der Waals surface area contributed by atoms with Gasteiger partial charge in [-0.3, -0.25) is 24.6 Å². The van der Waals surface area contributed by atoms with Crippen molar-refractivity contribution in [3.63, 3.8) is 0 Å². The maximum Gasteiger partial charge on any atom is 0.335 e. The number of carbonyl (C=O) groups is 4. The molecule has 0 unspecified atom stereocenters. The van der Waals surface area contributed by atoms with Crippen LogP contribution < -0.4 is 5.32 Å². The normalized spacial score (nSPS) is 15.3. The number of carboxylic acids is 1. The summed E-state index contributed by atoms with van der Waals surface area (Å²) < 4.78 is 0. The molecule has 0 spiro atoms. The van der Waals surface area contributed by atoms with Gasteiger partial charge in [-0.05, 0) is 42.0 Å². The third-order valence-corrected chi connectivity index (χ3v) is 5.54. The predicted octanol–water partition coefficient (Wildman–Crippen LogP) is 2.47. The van der Waals surface area contributed by atoms with E-state index in [1.807, 2.05) is 6.92 Å². The van der Waals surface area contributed by atoms with Crippen molar-refractivity contribution in [2.45, 2.75) is 13.3 Å². The minimum absolute atomic E-state index is 0.116. The lowest BCUT2D eigenvalue weighted by Gasteiger charge is -2.11. The Kier molecular flexibility index (Phi) is 5.85. The van der Waals surface area contributed by atoms with Crippen molar-refractivity contribution in [3.8, 4) is 0 Å². The summed E-state index contributed by atoms with van der Waals surface area (Å²) in [4.78, 5) is 48.6. The first-order valence-corrected chi connectivity index (χ1v) is 9.71. The summed E-state index contributed by atoms with van der Waals surface area (Å²) in [5.74, 6) is -2.19. The van der Waals surface area contributed by atoms with Gasteiger partial charge >= 0.3 is 5.97 Å². The van der Waals surface area contributed by atoms with Gasteiger partial charge in [0, 0.05) is 0 Å². The Hall–Kier alpha value is -3.05. The van der Waals surface area contributed by atoms with Crippen molar-refractivity contribution in [1.29, 1.82) is 0 Å². The lowest BCUT2D eigenvalue weighted by atomic mass is 10.1. The van der Waals surface area contributed by atoms with Crippen LogP contribution in [0.15, 0.2) is 29.2 Å². The first kappa shape index (κ1) is 19.7. The zero-order valence-electron chi connectivity index (χ0n) is 14.5. The minimum Gasteiger partial charge on any atom is -0.478 e. The molecule has 2 N–H and O–H groups in total. The van der Waals surface area contributed by atoms with E-state index in [2.05, 4.69) is 15.5 Å². The number of imide groups is 1. The number of rotatable bonds is 6. The van der Waals surface area contributed by atoms with Gasteiger partial charge in [-0.15, -0.1) is 10.2 Å². The number of amides is 3. The largest absolute Gasteiger partial charge is 0.478 e. The highest BCUT2D eigenvalue weighted by atomic mass is 32.2. The summed E-state index contributed by atoms with van der Waals surface area (Å²) in [6.45, 7) is 1.48. The topological polar surface area (TPSA) is 130 Å². The lowest BCUT2D eigenvalue weighted by Crippen LogP contribution is -2.36. The molecular formula is C17H14N4O5S2. The number of carboxylic acid groups (broad SMARTS) is 1. The second-order valence-electron chi connectivity index (χ2n) is 5.60. The summed E-state index contributed by atoms with van der Waals surface area (Å²) in [6.07, 6.45) is 2.17. The van der Waals surface area contributed by atoms with Crippen LogP contribution >= 0.6 is 23.1 Å². The molecule has 0 aliphatic carbocycles. The van der Waals surface area contributed by atoms with Gasteiger partial charge in [0.05, 0.1) is 10.5 Å². The highest BCUT2D eigenvalue weighted by Crippen LogP contribution is 2.32. The zero-order valence-corrected chi connectivity index (χ0v) is 16.2. The fourth-order valence-corrected chi connectivity index (χ4v) is 3.79. The van der Waals surface area contributed by atoms with Gasteiger partial charge < -0.3 is 5.11 Å². The maximum atomic E-state index is 12.5. The number of nitrogens with zero attached hydrogens (tertiary/aromatic N) is 3. The lowest BCUT2D eigenvalue weighted by molar-refractivity contribution is -0.127. The average Bonchev–Trinajstić information content (AvgIpc) is 3.22. The average molecular weight is 418 g/mol. The number of thioether (sulfide) groups is 1. The van der Waals surface area contributed by atoms with E-state index < -0.39 is 29.6 Å². The minimum atomic E-state index is -1.06. The Balaban J connectivity index is 1.67. The Morgan fingerprint density at radius 3 is 2.54 bits per heavy atom. The van der Waals surface area contributed by atoms with Crippen molar-refractivity contribution < 1.29 is 24.3 Å². The van der Waals surface area contributed by atoms with Crippen LogP contribution in [-0.2, 0) is 16.0 Å². The van der Waals surface area contributed by atoms with Crippen LogP contribution in [0.2, 0.25) is 0 Å². The monoisotopic (exact) mass is 418 g/mol. The van der Waals surface area contributed by atoms with E-state index in [9.17, 15) is 19.2 Å². The number of carbonyl (C=O) groups excluding carboxylic acids is 3. The number of aromatic carboxylic acids is 1. The van der Waals surface area contributed by atoms with E-state index >= 15 is 0 Å². The van der Waals surface area contributed by atoms with E-state index in [0.717, 1.165) is 21.7 Å².